The molecule has 0 aromatic rings. The summed E-state index contributed by atoms with van der Waals surface area (Å²) in [7, 11) is 1.14. The van der Waals surface area contributed by atoms with Crippen LogP contribution in [0.2, 0.25) is 0 Å². The maximum absolute atomic E-state index is 11.6. The second-order valence-corrected chi connectivity index (χ2v) is 2.15. The molecule has 0 rings (SSSR count). The lowest BCUT2D eigenvalue weighted by molar-refractivity contribution is -0.158. The van der Waals surface area contributed by atoms with Crippen LogP contribution in [0, 0.1) is 0 Å². The van der Waals surface area contributed by atoms with E-state index in [2.05, 4.69) is 4.74 Å². The summed E-state index contributed by atoms with van der Waals surface area (Å²) in [5.41, 5.74) is 0. The molecule has 0 radical (unpaired) electrons. The van der Waals surface area contributed by atoms with E-state index in [0.717, 1.165) is 7.11 Å². The molecule has 1 nitrogen and oxygen atoms in total. The summed E-state index contributed by atoms with van der Waals surface area (Å²) in [6.45, 7) is -0.783. The quantitative estimate of drug-likeness (QED) is 0.594. The lowest BCUT2D eigenvalue weighted by atomic mass is 10.2. The Kier molecular flexibility index (Phi) is 4.40. The standard InChI is InChI=1S/C6H10F4O/c1-11-5(2-3-7)4-6(8,9)10/h5H,2-4H2,1H3. The zero-order valence-electron chi connectivity index (χ0n) is 6.12. The smallest absolute Gasteiger partial charge is 0.381 e. The first-order valence-corrected chi connectivity index (χ1v) is 3.15. The zero-order chi connectivity index (χ0) is 8.91. The molecular formula is C6H10F4O. The molecular weight excluding hydrogens is 164 g/mol. The van der Waals surface area contributed by atoms with Crippen LogP contribution in [0.4, 0.5) is 17.6 Å². The van der Waals surface area contributed by atoms with Gasteiger partial charge in [-0.2, -0.15) is 13.2 Å². The van der Waals surface area contributed by atoms with Crippen LogP contribution in [0.25, 0.3) is 0 Å². The first-order chi connectivity index (χ1) is 4.99. The van der Waals surface area contributed by atoms with Gasteiger partial charge in [-0.15, -0.1) is 0 Å². The van der Waals surface area contributed by atoms with Crippen molar-refractivity contribution in [3.8, 4) is 0 Å². The summed E-state index contributed by atoms with van der Waals surface area (Å²) in [6.07, 6.45) is -6.58. The van der Waals surface area contributed by atoms with Gasteiger partial charge >= 0.3 is 6.18 Å². The monoisotopic (exact) mass is 174 g/mol. The van der Waals surface area contributed by atoms with E-state index in [4.69, 9.17) is 0 Å². The highest BCUT2D eigenvalue weighted by Crippen LogP contribution is 2.23. The summed E-state index contributed by atoms with van der Waals surface area (Å²) >= 11 is 0. The molecule has 11 heavy (non-hydrogen) atoms. The third-order valence-corrected chi connectivity index (χ3v) is 1.22. The lowest BCUT2D eigenvalue weighted by Gasteiger charge is -2.14. The van der Waals surface area contributed by atoms with Crippen LogP contribution in [0.1, 0.15) is 12.8 Å². The van der Waals surface area contributed by atoms with Gasteiger partial charge in [-0.3, -0.25) is 4.39 Å². The molecule has 0 N–H and O–H groups in total. The molecule has 1 atom stereocenters. The number of methoxy groups -OCH3 is 1. The lowest BCUT2D eigenvalue weighted by Crippen LogP contribution is -2.21. The minimum atomic E-state index is -4.27. The molecule has 0 amide bonds. The van der Waals surface area contributed by atoms with Gasteiger partial charge < -0.3 is 4.74 Å². The number of rotatable bonds is 4. The minimum Gasteiger partial charge on any atom is -0.381 e. The molecule has 5 heteroatoms. The summed E-state index contributed by atoms with van der Waals surface area (Å²) in [5, 5.41) is 0. The average molecular weight is 174 g/mol. The molecule has 0 saturated carbocycles. The molecule has 0 aliphatic heterocycles. The first kappa shape index (κ1) is 10.7. The molecule has 0 aliphatic rings. The largest absolute Gasteiger partial charge is 0.391 e. The molecule has 1 unspecified atom stereocenters. The number of alkyl halides is 4. The third-order valence-electron chi connectivity index (χ3n) is 1.22. The van der Waals surface area contributed by atoms with E-state index >= 15 is 0 Å². The summed E-state index contributed by atoms with van der Waals surface area (Å²) in [4.78, 5) is 0. The summed E-state index contributed by atoms with van der Waals surface area (Å²) in [5.74, 6) is 0. The maximum atomic E-state index is 11.6. The third kappa shape index (κ3) is 6.09. The van der Waals surface area contributed by atoms with E-state index < -0.39 is 25.4 Å². The second kappa shape index (κ2) is 4.54. The van der Waals surface area contributed by atoms with E-state index in [-0.39, 0.29) is 6.42 Å². The highest BCUT2D eigenvalue weighted by molar-refractivity contribution is 4.62. The van der Waals surface area contributed by atoms with Crippen LogP contribution in [-0.4, -0.2) is 26.1 Å². The van der Waals surface area contributed by atoms with Crippen molar-refractivity contribution in [3.05, 3.63) is 0 Å². The van der Waals surface area contributed by atoms with Gasteiger partial charge in [-0.1, -0.05) is 0 Å². The fourth-order valence-corrected chi connectivity index (χ4v) is 0.683. The van der Waals surface area contributed by atoms with Gasteiger partial charge in [0.1, 0.15) is 0 Å². The van der Waals surface area contributed by atoms with Gasteiger partial charge in [0.15, 0.2) is 0 Å². The van der Waals surface area contributed by atoms with Crippen molar-refractivity contribution in [2.24, 2.45) is 0 Å². The average Bonchev–Trinajstić information content (AvgIpc) is 1.84. The van der Waals surface area contributed by atoms with Gasteiger partial charge in [0.05, 0.1) is 19.2 Å². The van der Waals surface area contributed by atoms with Crippen LogP contribution in [-0.2, 0) is 4.74 Å². The molecule has 0 heterocycles. The van der Waals surface area contributed by atoms with Crippen molar-refractivity contribution in [3.63, 3.8) is 0 Å². The molecule has 0 aromatic heterocycles. The van der Waals surface area contributed by atoms with Crippen molar-refractivity contribution < 1.29 is 22.3 Å². The number of hydrogen-bond acceptors (Lipinski definition) is 1. The van der Waals surface area contributed by atoms with Gasteiger partial charge in [-0.05, 0) is 0 Å². The predicted molar refractivity (Wildman–Crippen MR) is 32.1 cm³/mol. The van der Waals surface area contributed by atoms with Crippen LogP contribution in [0.15, 0.2) is 0 Å². The highest BCUT2D eigenvalue weighted by atomic mass is 19.4. The molecule has 0 spiro atoms. The predicted octanol–water partition coefficient (Wildman–Crippen LogP) is 2.31. The van der Waals surface area contributed by atoms with Gasteiger partial charge in [0.2, 0.25) is 0 Å². The SMILES string of the molecule is COC(CCF)CC(F)(F)F. The van der Waals surface area contributed by atoms with Gasteiger partial charge in [0, 0.05) is 13.5 Å². The van der Waals surface area contributed by atoms with Crippen molar-refractivity contribution in [2.45, 2.75) is 25.1 Å². The Balaban J connectivity index is 3.68. The van der Waals surface area contributed by atoms with E-state index in [9.17, 15) is 17.6 Å². The Morgan fingerprint density at radius 3 is 2.18 bits per heavy atom. The van der Waals surface area contributed by atoms with Crippen molar-refractivity contribution in [1.29, 1.82) is 0 Å². The number of hydrogen-bond donors (Lipinski definition) is 0. The Bertz CT molecular complexity index is 101. The van der Waals surface area contributed by atoms with E-state index in [1.165, 1.54) is 0 Å². The van der Waals surface area contributed by atoms with Crippen molar-refractivity contribution >= 4 is 0 Å². The minimum absolute atomic E-state index is 0.198. The Morgan fingerprint density at radius 2 is 1.91 bits per heavy atom. The zero-order valence-corrected chi connectivity index (χ0v) is 6.12. The van der Waals surface area contributed by atoms with Crippen LogP contribution >= 0.6 is 0 Å². The van der Waals surface area contributed by atoms with Crippen molar-refractivity contribution in [2.75, 3.05) is 13.8 Å². The van der Waals surface area contributed by atoms with E-state index in [1.807, 2.05) is 0 Å². The van der Waals surface area contributed by atoms with Gasteiger partial charge in [0.25, 0.3) is 0 Å². The molecule has 0 fully saturated rings. The Labute approximate surface area is 62.3 Å². The number of ether oxygens (including phenoxy) is 1. The van der Waals surface area contributed by atoms with Crippen LogP contribution in [0.5, 0.6) is 0 Å². The van der Waals surface area contributed by atoms with Crippen LogP contribution in [0.3, 0.4) is 0 Å². The molecule has 0 aromatic carbocycles. The Morgan fingerprint density at radius 1 is 1.36 bits per heavy atom. The highest BCUT2D eigenvalue weighted by Gasteiger charge is 2.31. The normalized spacial score (nSPS) is 15.0. The molecule has 68 valence electrons. The van der Waals surface area contributed by atoms with Crippen molar-refractivity contribution in [1.82, 2.24) is 0 Å². The molecule has 0 saturated heterocycles. The fraction of sp³-hybridized carbons (Fsp3) is 1.00. The van der Waals surface area contributed by atoms with Crippen LogP contribution < -0.4 is 0 Å². The van der Waals surface area contributed by atoms with E-state index in [0.29, 0.717) is 0 Å². The topological polar surface area (TPSA) is 9.23 Å². The summed E-state index contributed by atoms with van der Waals surface area (Å²) < 4.78 is 50.8. The first-order valence-electron chi connectivity index (χ1n) is 3.15. The fourth-order valence-electron chi connectivity index (χ4n) is 0.683. The number of halogens is 4. The Hall–Kier alpha value is -0.320. The maximum Gasteiger partial charge on any atom is 0.391 e. The van der Waals surface area contributed by atoms with E-state index in [1.54, 1.807) is 0 Å². The summed E-state index contributed by atoms with van der Waals surface area (Å²) in [6, 6.07) is 0. The molecule has 0 bridgehead atoms. The van der Waals surface area contributed by atoms with Gasteiger partial charge in [-0.25, -0.2) is 0 Å². The second-order valence-electron chi connectivity index (χ2n) is 2.15. The molecule has 0 aliphatic carbocycles.